The van der Waals surface area contributed by atoms with E-state index in [9.17, 15) is 0 Å². The first-order valence-electron chi connectivity index (χ1n) is 6.07. The van der Waals surface area contributed by atoms with Crippen LogP contribution in [-0.2, 0) is 13.2 Å². The smallest absolute Gasteiger partial charge is 0.138 e. The van der Waals surface area contributed by atoms with Crippen molar-refractivity contribution in [3.63, 3.8) is 0 Å². The third-order valence-electron chi connectivity index (χ3n) is 2.84. The monoisotopic (exact) mass is 355 g/mol. The van der Waals surface area contributed by atoms with Gasteiger partial charge < -0.3 is 15.2 Å². The molecular weight excluding hydrogens is 342 g/mol. The number of hydrogen-bond acceptors (Lipinski definition) is 3. The molecule has 3 nitrogen and oxygen atoms in total. The van der Waals surface area contributed by atoms with E-state index in [-0.39, 0.29) is 0 Å². The van der Waals surface area contributed by atoms with Crippen molar-refractivity contribution in [2.24, 2.45) is 5.73 Å². The van der Waals surface area contributed by atoms with E-state index in [1.165, 1.54) is 0 Å². The summed E-state index contributed by atoms with van der Waals surface area (Å²) in [5.74, 6) is 1.44. The largest absolute Gasteiger partial charge is 0.496 e. The van der Waals surface area contributed by atoms with Crippen LogP contribution in [0.3, 0.4) is 0 Å². The summed E-state index contributed by atoms with van der Waals surface area (Å²) in [5, 5.41) is 0.570. The first-order chi connectivity index (χ1) is 9.63. The predicted octanol–water partition coefficient (Wildman–Crippen LogP) is 4.15. The molecule has 0 fully saturated rings. The topological polar surface area (TPSA) is 44.5 Å². The minimum absolute atomic E-state index is 0.435. The Bertz CT molecular complexity index is 604. The highest BCUT2D eigenvalue weighted by atomic mass is 79.9. The molecule has 0 aliphatic heterocycles. The van der Waals surface area contributed by atoms with Crippen LogP contribution in [0.5, 0.6) is 11.5 Å². The van der Waals surface area contributed by atoms with Crippen LogP contribution >= 0.6 is 27.5 Å². The molecule has 0 amide bonds. The number of rotatable bonds is 5. The molecule has 2 N–H and O–H groups in total. The summed E-state index contributed by atoms with van der Waals surface area (Å²) in [7, 11) is 1.63. The molecule has 0 saturated heterocycles. The van der Waals surface area contributed by atoms with Crippen LogP contribution in [-0.4, -0.2) is 7.11 Å². The molecule has 0 unspecified atom stereocenters. The third kappa shape index (κ3) is 3.66. The molecule has 5 heteroatoms. The standard InChI is InChI=1S/C15H15BrClNO2/c1-19-14-4-3-11(6-12(14)16)9-20-15-5-2-10(8-18)7-13(15)17/h2-7H,8-9,18H2,1H3. The lowest BCUT2D eigenvalue weighted by Gasteiger charge is -2.10. The summed E-state index contributed by atoms with van der Waals surface area (Å²) >= 11 is 9.59. The Hall–Kier alpha value is -1.23. The molecule has 0 spiro atoms. The van der Waals surface area contributed by atoms with Crippen molar-refractivity contribution >= 4 is 27.5 Å². The van der Waals surface area contributed by atoms with E-state index in [1.807, 2.05) is 36.4 Å². The van der Waals surface area contributed by atoms with Crippen molar-refractivity contribution in [1.82, 2.24) is 0 Å². The molecule has 0 aliphatic rings. The molecule has 0 heterocycles. The molecule has 0 aliphatic carbocycles. The second-order valence-corrected chi connectivity index (χ2v) is 5.49. The van der Waals surface area contributed by atoms with Gasteiger partial charge in [-0.15, -0.1) is 0 Å². The molecule has 2 aromatic carbocycles. The lowest BCUT2D eigenvalue weighted by Crippen LogP contribution is -1.99. The number of hydrogen-bond donors (Lipinski definition) is 1. The number of methoxy groups -OCH3 is 1. The average Bonchev–Trinajstić information content (AvgIpc) is 2.46. The van der Waals surface area contributed by atoms with Gasteiger partial charge in [0.1, 0.15) is 18.1 Å². The molecule has 20 heavy (non-hydrogen) atoms. The fourth-order valence-electron chi connectivity index (χ4n) is 1.75. The number of ether oxygens (including phenoxy) is 2. The van der Waals surface area contributed by atoms with Gasteiger partial charge in [0.25, 0.3) is 0 Å². The second-order valence-electron chi connectivity index (χ2n) is 4.23. The zero-order chi connectivity index (χ0) is 14.5. The Morgan fingerprint density at radius 2 is 1.80 bits per heavy atom. The third-order valence-corrected chi connectivity index (χ3v) is 3.76. The van der Waals surface area contributed by atoms with Crippen LogP contribution in [0.25, 0.3) is 0 Å². The Morgan fingerprint density at radius 1 is 1.10 bits per heavy atom. The molecule has 106 valence electrons. The number of benzene rings is 2. The highest BCUT2D eigenvalue weighted by molar-refractivity contribution is 9.10. The minimum atomic E-state index is 0.435. The zero-order valence-corrected chi connectivity index (χ0v) is 13.4. The summed E-state index contributed by atoms with van der Waals surface area (Å²) in [6, 6.07) is 11.4. The first-order valence-corrected chi connectivity index (χ1v) is 7.25. The van der Waals surface area contributed by atoms with Crippen LogP contribution in [0.1, 0.15) is 11.1 Å². The summed E-state index contributed by atoms with van der Waals surface area (Å²) in [6.45, 7) is 0.899. The van der Waals surface area contributed by atoms with E-state index in [2.05, 4.69) is 15.9 Å². The van der Waals surface area contributed by atoms with Gasteiger partial charge in [-0.2, -0.15) is 0 Å². The van der Waals surface area contributed by atoms with Gasteiger partial charge in [-0.3, -0.25) is 0 Å². The maximum absolute atomic E-state index is 6.14. The fourth-order valence-corrected chi connectivity index (χ4v) is 2.59. The molecular formula is C15H15BrClNO2. The van der Waals surface area contributed by atoms with Gasteiger partial charge in [0, 0.05) is 6.54 Å². The maximum Gasteiger partial charge on any atom is 0.138 e. The van der Waals surface area contributed by atoms with Crippen molar-refractivity contribution in [2.45, 2.75) is 13.2 Å². The summed E-state index contributed by atoms with van der Waals surface area (Å²) in [4.78, 5) is 0. The quantitative estimate of drug-likeness (QED) is 0.875. The van der Waals surface area contributed by atoms with Gasteiger partial charge in [-0.05, 0) is 51.3 Å². The van der Waals surface area contributed by atoms with Gasteiger partial charge >= 0.3 is 0 Å². The van der Waals surface area contributed by atoms with E-state index < -0.39 is 0 Å². The van der Waals surface area contributed by atoms with Crippen molar-refractivity contribution in [1.29, 1.82) is 0 Å². The molecule has 0 radical (unpaired) electrons. The van der Waals surface area contributed by atoms with Crippen LogP contribution < -0.4 is 15.2 Å². The highest BCUT2D eigenvalue weighted by Crippen LogP contribution is 2.28. The van der Waals surface area contributed by atoms with Crippen LogP contribution in [0.15, 0.2) is 40.9 Å². The Kier molecular flexibility index (Phi) is 5.29. The predicted molar refractivity (Wildman–Crippen MR) is 84.4 cm³/mol. The van der Waals surface area contributed by atoms with E-state index in [1.54, 1.807) is 7.11 Å². The second kappa shape index (κ2) is 6.97. The SMILES string of the molecule is COc1ccc(COc2ccc(CN)cc2Cl)cc1Br. The summed E-state index contributed by atoms with van der Waals surface area (Å²) in [5.41, 5.74) is 7.57. The van der Waals surface area contributed by atoms with Crippen LogP contribution in [0.4, 0.5) is 0 Å². The normalized spacial score (nSPS) is 10.4. The van der Waals surface area contributed by atoms with Gasteiger partial charge in [0.15, 0.2) is 0 Å². The van der Waals surface area contributed by atoms with Crippen molar-refractivity contribution in [3.05, 3.63) is 57.0 Å². The fraction of sp³-hybridized carbons (Fsp3) is 0.200. The molecule has 2 aromatic rings. The summed E-state index contributed by atoms with van der Waals surface area (Å²) in [6.07, 6.45) is 0. The number of nitrogens with two attached hydrogens (primary N) is 1. The Morgan fingerprint density at radius 3 is 2.40 bits per heavy atom. The highest BCUT2D eigenvalue weighted by Gasteiger charge is 2.05. The van der Waals surface area contributed by atoms with Gasteiger partial charge in [0.05, 0.1) is 16.6 Å². The molecule has 0 bridgehead atoms. The van der Waals surface area contributed by atoms with Crippen LogP contribution in [0.2, 0.25) is 5.02 Å². The van der Waals surface area contributed by atoms with E-state index in [0.717, 1.165) is 21.3 Å². The van der Waals surface area contributed by atoms with Gasteiger partial charge in [-0.25, -0.2) is 0 Å². The van der Waals surface area contributed by atoms with Crippen molar-refractivity contribution in [2.75, 3.05) is 7.11 Å². The molecule has 0 aromatic heterocycles. The first kappa shape index (κ1) is 15.2. The lowest BCUT2D eigenvalue weighted by molar-refractivity contribution is 0.306. The van der Waals surface area contributed by atoms with Crippen molar-refractivity contribution < 1.29 is 9.47 Å². The molecule has 2 rings (SSSR count). The van der Waals surface area contributed by atoms with Gasteiger partial charge in [-0.1, -0.05) is 23.7 Å². The van der Waals surface area contributed by atoms with E-state index in [0.29, 0.717) is 23.9 Å². The zero-order valence-electron chi connectivity index (χ0n) is 11.0. The van der Waals surface area contributed by atoms with Crippen LogP contribution in [0, 0.1) is 0 Å². The molecule has 0 saturated carbocycles. The maximum atomic E-state index is 6.14. The Balaban J connectivity index is 2.07. The average molecular weight is 357 g/mol. The summed E-state index contributed by atoms with van der Waals surface area (Å²) < 4.78 is 11.8. The van der Waals surface area contributed by atoms with Crippen molar-refractivity contribution in [3.8, 4) is 11.5 Å². The minimum Gasteiger partial charge on any atom is -0.496 e. The molecule has 0 atom stereocenters. The van der Waals surface area contributed by atoms with Gasteiger partial charge in [0.2, 0.25) is 0 Å². The number of halogens is 2. The lowest BCUT2D eigenvalue weighted by atomic mass is 10.2. The van der Waals surface area contributed by atoms with E-state index >= 15 is 0 Å². The van der Waals surface area contributed by atoms with E-state index in [4.69, 9.17) is 26.8 Å². The Labute approximate surface area is 131 Å².